The van der Waals surface area contributed by atoms with Gasteiger partial charge >= 0.3 is 5.97 Å². The Kier molecular flexibility index (Phi) is 6.28. The van der Waals surface area contributed by atoms with Crippen LogP contribution in [-0.4, -0.2) is 18.4 Å². The first-order valence-electron chi connectivity index (χ1n) is 6.92. The van der Waals surface area contributed by atoms with Gasteiger partial charge in [-0.3, -0.25) is 4.79 Å². The van der Waals surface area contributed by atoms with Gasteiger partial charge in [-0.25, -0.2) is 4.79 Å². The molecular weight excluding hydrogens is 310 g/mol. The Bertz CT molecular complexity index is 748. The van der Waals surface area contributed by atoms with E-state index >= 15 is 0 Å². The van der Waals surface area contributed by atoms with Gasteiger partial charge < -0.3 is 10.1 Å². The molecule has 0 unspecified atom stereocenters. The van der Waals surface area contributed by atoms with Crippen molar-refractivity contribution in [2.24, 2.45) is 0 Å². The van der Waals surface area contributed by atoms with Crippen molar-refractivity contribution in [2.75, 3.05) is 6.54 Å². The Morgan fingerprint density at radius 1 is 1.09 bits per heavy atom. The number of thiol groups is 1. The SMILES string of the molecule is O=C(C#CCNC(=O)c1cccc(S)c1)OCc1ccccc1. The summed E-state index contributed by atoms with van der Waals surface area (Å²) in [6.45, 7) is 0.242. The van der Waals surface area contributed by atoms with Gasteiger partial charge in [-0.2, -0.15) is 0 Å². The number of ether oxygens (including phenoxy) is 1. The lowest BCUT2D eigenvalue weighted by molar-refractivity contribution is -0.137. The number of hydrogen-bond acceptors (Lipinski definition) is 4. The molecule has 116 valence electrons. The third-order valence-electron chi connectivity index (χ3n) is 2.85. The average Bonchev–Trinajstić information content (AvgIpc) is 2.57. The molecule has 0 aliphatic heterocycles. The maximum absolute atomic E-state index is 11.8. The van der Waals surface area contributed by atoms with Crippen LogP contribution in [0.5, 0.6) is 0 Å². The Labute approximate surface area is 140 Å². The molecule has 2 aromatic carbocycles. The Morgan fingerprint density at radius 2 is 1.87 bits per heavy atom. The highest BCUT2D eigenvalue weighted by atomic mass is 32.1. The van der Waals surface area contributed by atoms with Crippen LogP contribution in [0.15, 0.2) is 59.5 Å². The lowest BCUT2D eigenvalue weighted by Crippen LogP contribution is -2.23. The number of amides is 1. The number of carbonyl (C=O) groups is 2. The van der Waals surface area contributed by atoms with Gasteiger partial charge in [0.2, 0.25) is 0 Å². The van der Waals surface area contributed by atoms with Crippen LogP contribution in [0.4, 0.5) is 0 Å². The molecule has 0 aromatic heterocycles. The van der Waals surface area contributed by atoms with Crippen molar-refractivity contribution in [2.45, 2.75) is 11.5 Å². The highest BCUT2D eigenvalue weighted by molar-refractivity contribution is 7.80. The molecule has 0 saturated heterocycles. The monoisotopic (exact) mass is 325 g/mol. The van der Waals surface area contributed by atoms with E-state index in [1.807, 2.05) is 30.3 Å². The molecule has 0 radical (unpaired) electrons. The Balaban J connectivity index is 1.75. The van der Waals surface area contributed by atoms with Crippen LogP contribution in [0.1, 0.15) is 15.9 Å². The summed E-state index contributed by atoms with van der Waals surface area (Å²) in [6, 6.07) is 16.2. The van der Waals surface area contributed by atoms with E-state index in [-0.39, 0.29) is 19.1 Å². The molecule has 0 aliphatic carbocycles. The fraction of sp³-hybridized carbons (Fsp3) is 0.111. The van der Waals surface area contributed by atoms with Gasteiger partial charge in [0, 0.05) is 16.4 Å². The van der Waals surface area contributed by atoms with E-state index in [9.17, 15) is 9.59 Å². The minimum Gasteiger partial charge on any atom is -0.451 e. The maximum Gasteiger partial charge on any atom is 0.384 e. The molecule has 2 aromatic rings. The average molecular weight is 325 g/mol. The summed E-state index contributed by atoms with van der Waals surface area (Å²) in [7, 11) is 0. The van der Waals surface area contributed by atoms with E-state index in [0.29, 0.717) is 10.5 Å². The van der Waals surface area contributed by atoms with E-state index < -0.39 is 5.97 Å². The number of carbonyl (C=O) groups excluding carboxylic acids is 2. The highest BCUT2D eigenvalue weighted by Crippen LogP contribution is 2.08. The molecule has 23 heavy (non-hydrogen) atoms. The van der Waals surface area contributed by atoms with E-state index in [4.69, 9.17) is 4.74 Å². The Hall–Kier alpha value is -2.71. The van der Waals surface area contributed by atoms with Gasteiger partial charge in [-0.15, -0.1) is 12.6 Å². The predicted molar refractivity (Wildman–Crippen MR) is 90.0 cm³/mol. The molecule has 0 saturated carbocycles. The molecule has 1 N–H and O–H groups in total. The lowest BCUT2D eigenvalue weighted by Gasteiger charge is -2.02. The van der Waals surface area contributed by atoms with Gasteiger partial charge in [-0.1, -0.05) is 42.3 Å². The summed E-state index contributed by atoms with van der Waals surface area (Å²) in [4.78, 5) is 24.0. The smallest absolute Gasteiger partial charge is 0.384 e. The molecule has 0 fully saturated rings. The minimum absolute atomic E-state index is 0.0655. The lowest BCUT2D eigenvalue weighted by atomic mass is 10.2. The number of esters is 1. The van der Waals surface area contributed by atoms with Crippen LogP contribution >= 0.6 is 12.6 Å². The van der Waals surface area contributed by atoms with Gasteiger partial charge in [0.05, 0.1) is 6.54 Å². The quantitative estimate of drug-likeness (QED) is 0.393. The first kappa shape index (κ1) is 16.7. The van der Waals surface area contributed by atoms with Crippen molar-refractivity contribution in [3.63, 3.8) is 0 Å². The summed E-state index contributed by atoms with van der Waals surface area (Å²) >= 11 is 4.17. The number of hydrogen-bond donors (Lipinski definition) is 2. The predicted octanol–water partition coefficient (Wildman–Crippen LogP) is 2.45. The fourth-order valence-corrected chi connectivity index (χ4v) is 1.97. The summed E-state index contributed by atoms with van der Waals surface area (Å²) in [5.74, 6) is 4.00. The second-order valence-electron chi connectivity index (χ2n) is 4.60. The molecule has 0 atom stereocenters. The van der Waals surface area contributed by atoms with Gasteiger partial charge in [0.15, 0.2) is 0 Å². The fourth-order valence-electron chi connectivity index (χ4n) is 1.75. The zero-order valence-corrected chi connectivity index (χ0v) is 13.2. The van der Waals surface area contributed by atoms with E-state index in [1.165, 1.54) is 0 Å². The molecule has 0 bridgehead atoms. The highest BCUT2D eigenvalue weighted by Gasteiger charge is 2.03. The summed E-state index contributed by atoms with van der Waals surface area (Å²) in [5, 5.41) is 2.60. The molecule has 5 heteroatoms. The summed E-state index contributed by atoms with van der Waals surface area (Å²) < 4.78 is 5.00. The van der Waals surface area contributed by atoms with Gasteiger partial charge in [-0.05, 0) is 23.8 Å². The van der Waals surface area contributed by atoms with Crippen molar-refractivity contribution in [1.29, 1.82) is 0 Å². The second kappa shape index (κ2) is 8.66. The first-order valence-corrected chi connectivity index (χ1v) is 7.36. The van der Waals surface area contributed by atoms with Crippen molar-refractivity contribution < 1.29 is 14.3 Å². The van der Waals surface area contributed by atoms with Crippen LogP contribution in [0.2, 0.25) is 0 Å². The minimum atomic E-state index is -0.625. The normalized spacial score (nSPS) is 9.43. The molecule has 4 nitrogen and oxygen atoms in total. The molecular formula is C18H15NO3S. The van der Waals surface area contributed by atoms with Crippen LogP contribution < -0.4 is 5.32 Å². The molecule has 0 aliphatic rings. The Morgan fingerprint density at radius 3 is 2.61 bits per heavy atom. The topological polar surface area (TPSA) is 55.4 Å². The zero-order valence-electron chi connectivity index (χ0n) is 12.3. The summed E-state index contributed by atoms with van der Waals surface area (Å²) in [6.07, 6.45) is 0. The zero-order chi connectivity index (χ0) is 16.5. The van der Waals surface area contributed by atoms with Gasteiger partial charge in [0.25, 0.3) is 5.91 Å². The third kappa shape index (κ3) is 5.89. The van der Waals surface area contributed by atoms with Crippen molar-refractivity contribution >= 4 is 24.5 Å². The van der Waals surface area contributed by atoms with Gasteiger partial charge in [0.1, 0.15) is 6.61 Å². The van der Waals surface area contributed by atoms with Crippen LogP contribution in [0, 0.1) is 11.8 Å². The summed E-state index contributed by atoms with van der Waals surface area (Å²) in [5.41, 5.74) is 1.38. The number of rotatable bonds is 4. The molecule has 0 heterocycles. The van der Waals surface area contributed by atoms with Crippen molar-refractivity contribution in [3.05, 3.63) is 65.7 Å². The van der Waals surface area contributed by atoms with Crippen molar-refractivity contribution in [1.82, 2.24) is 5.32 Å². The van der Waals surface area contributed by atoms with E-state index in [0.717, 1.165) is 5.56 Å². The van der Waals surface area contributed by atoms with Crippen molar-refractivity contribution in [3.8, 4) is 11.8 Å². The second-order valence-corrected chi connectivity index (χ2v) is 5.11. The van der Waals surface area contributed by atoms with Crippen LogP contribution in [0.25, 0.3) is 0 Å². The third-order valence-corrected chi connectivity index (χ3v) is 3.13. The first-order chi connectivity index (χ1) is 11.1. The largest absolute Gasteiger partial charge is 0.451 e. The van der Waals surface area contributed by atoms with E-state index in [2.05, 4.69) is 29.8 Å². The number of nitrogens with one attached hydrogen (secondary N) is 1. The standard InChI is InChI=1S/C18H15NO3S/c20-17(22-13-14-6-2-1-3-7-14)10-5-11-19-18(21)15-8-4-9-16(23)12-15/h1-4,6-9,12,23H,11,13H2,(H,19,21). The van der Waals surface area contributed by atoms with E-state index in [1.54, 1.807) is 24.3 Å². The molecule has 2 rings (SSSR count). The van der Waals surface area contributed by atoms with Crippen LogP contribution in [-0.2, 0) is 16.1 Å². The maximum atomic E-state index is 11.8. The molecule has 0 spiro atoms. The number of benzene rings is 2. The van der Waals surface area contributed by atoms with Crippen LogP contribution in [0.3, 0.4) is 0 Å². The molecule has 1 amide bonds.